The van der Waals surface area contributed by atoms with Gasteiger partial charge in [-0.05, 0) is 59.4 Å². The summed E-state index contributed by atoms with van der Waals surface area (Å²) in [6.07, 6.45) is 1.62. The molecule has 0 aliphatic carbocycles. The fourth-order valence-electron chi connectivity index (χ4n) is 2.97. The standard InChI is InChI=1S/C24H27N3O3S/c1-17-6-5-15-25-22(17)27-23(28)19-9-7-18(8-10-19)16-26-31(29,30)21-13-11-20(12-14-21)24(2,3)4/h5-15,26H,16H2,1-4H3,(H,25,27,28). The Bertz CT molecular complexity index is 1160. The van der Waals surface area contributed by atoms with Gasteiger partial charge < -0.3 is 5.32 Å². The molecule has 0 aliphatic heterocycles. The van der Waals surface area contributed by atoms with E-state index in [1.54, 1.807) is 48.7 Å². The second-order valence-corrected chi connectivity index (χ2v) is 10.2. The van der Waals surface area contributed by atoms with Crippen LogP contribution in [0.25, 0.3) is 0 Å². The van der Waals surface area contributed by atoms with Gasteiger partial charge >= 0.3 is 0 Å². The van der Waals surface area contributed by atoms with Crippen molar-refractivity contribution in [3.63, 3.8) is 0 Å². The quantitative estimate of drug-likeness (QED) is 0.598. The highest BCUT2D eigenvalue weighted by atomic mass is 32.2. The van der Waals surface area contributed by atoms with E-state index in [1.165, 1.54) is 0 Å². The average Bonchev–Trinajstić information content (AvgIpc) is 2.74. The van der Waals surface area contributed by atoms with Gasteiger partial charge in [-0.15, -0.1) is 0 Å². The van der Waals surface area contributed by atoms with Crippen LogP contribution in [0.1, 0.15) is 47.8 Å². The molecule has 2 N–H and O–H groups in total. The van der Waals surface area contributed by atoms with E-state index in [1.807, 2.05) is 25.1 Å². The molecule has 0 atom stereocenters. The average molecular weight is 438 g/mol. The van der Waals surface area contributed by atoms with Gasteiger partial charge in [0.25, 0.3) is 5.91 Å². The van der Waals surface area contributed by atoms with Crippen molar-refractivity contribution in [2.75, 3.05) is 5.32 Å². The molecule has 1 heterocycles. The monoisotopic (exact) mass is 437 g/mol. The molecule has 0 saturated carbocycles. The van der Waals surface area contributed by atoms with E-state index in [0.29, 0.717) is 11.4 Å². The molecule has 3 aromatic rings. The predicted octanol–water partition coefficient (Wildman–Crippen LogP) is 4.42. The summed E-state index contributed by atoms with van der Waals surface area (Å²) in [6, 6.07) is 17.4. The van der Waals surface area contributed by atoms with Crippen LogP contribution in [-0.4, -0.2) is 19.3 Å². The molecule has 0 radical (unpaired) electrons. The fraction of sp³-hybridized carbons (Fsp3) is 0.250. The molecule has 1 amide bonds. The van der Waals surface area contributed by atoms with Gasteiger partial charge in [-0.1, -0.05) is 51.1 Å². The number of nitrogens with one attached hydrogen (secondary N) is 2. The number of hydrogen-bond donors (Lipinski definition) is 2. The van der Waals surface area contributed by atoms with Crippen LogP contribution in [0.15, 0.2) is 71.8 Å². The molecule has 6 nitrogen and oxygen atoms in total. The summed E-state index contributed by atoms with van der Waals surface area (Å²) in [6.45, 7) is 8.24. The van der Waals surface area contributed by atoms with Crippen molar-refractivity contribution in [1.82, 2.24) is 9.71 Å². The Hall–Kier alpha value is -3.03. The Morgan fingerprint density at radius 2 is 1.61 bits per heavy atom. The highest BCUT2D eigenvalue weighted by Gasteiger charge is 2.17. The van der Waals surface area contributed by atoms with E-state index in [4.69, 9.17) is 0 Å². The third-order valence-electron chi connectivity index (χ3n) is 4.95. The molecule has 31 heavy (non-hydrogen) atoms. The van der Waals surface area contributed by atoms with Crippen LogP contribution >= 0.6 is 0 Å². The minimum Gasteiger partial charge on any atom is -0.306 e. The third-order valence-corrected chi connectivity index (χ3v) is 6.37. The van der Waals surface area contributed by atoms with Gasteiger partial charge in [-0.2, -0.15) is 0 Å². The largest absolute Gasteiger partial charge is 0.306 e. The van der Waals surface area contributed by atoms with Gasteiger partial charge in [0.15, 0.2) is 0 Å². The van der Waals surface area contributed by atoms with Crippen molar-refractivity contribution in [3.8, 4) is 0 Å². The summed E-state index contributed by atoms with van der Waals surface area (Å²) in [5.74, 6) is 0.245. The zero-order chi connectivity index (χ0) is 22.6. The third kappa shape index (κ3) is 5.77. The van der Waals surface area contributed by atoms with Gasteiger partial charge in [-0.3, -0.25) is 4.79 Å². The smallest absolute Gasteiger partial charge is 0.256 e. The van der Waals surface area contributed by atoms with Gasteiger partial charge in [0, 0.05) is 18.3 Å². The van der Waals surface area contributed by atoms with Gasteiger partial charge in [0.05, 0.1) is 4.90 Å². The second kappa shape index (κ2) is 8.99. The highest BCUT2D eigenvalue weighted by molar-refractivity contribution is 7.89. The maximum atomic E-state index is 12.6. The lowest BCUT2D eigenvalue weighted by Crippen LogP contribution is -2.23. The number of amides is 1. The molecule has 162 valence electrons. The first-order valence-corrected chi connectivity index (χ1v) is 11.5. The Morgan fingerprint density at radius 1 is 0.968 bits per heavy atom. The number of sulfonamides is 1. The first-order valence-electron chi connectivity index (χ1n) is 9.98. The summed E-state index contributed by atoms with van der Waals surface area (Å²) < 4.78 is 27.8. The topological polar surface area (TPSA) is 88.2 Å². The van der Waals surface area contributed by atoms with Crippen molar-refractivity contribution in [2.45, 2.75) is 44.6 Å². The Kier molecular flexibility index (Phi) is 6.57. The molecule has 0 unspecified atom stereocenters. The first-order chi connectivity index (χ1) is 14.6. The van der Waals surface area contributed by atoms with Crippen LogP contribution in [0.5, 0.6) is 0 Å². The SMILES string of the molecule is Cc1cccnc1NC(=O)c1ccc(CNS(=O)(=O)c2ccc(C(C)(C)C)cc2)cc1. The molecule has 0 bridgehead atoms. The van der Waals surface area contributed by atoms with Crippen molar-refractivity contribution >= 4 is 21.7 Å². The van der Waals surface area contributed by atoms with E-state index < -0.39 is 10.0 Å². The molecular weight excluding hydrogens is 410 g/mol. The Labute approximate surface area is 183 Å². The zero-order valence-electron chi connectivity index (χ0n) is 18.1. The van der Waals surface area contributed by atoms with Crippen molar-refractivity contribution in [1.29, 1.82) is 0 Å². The number of carbonyl (C=O) groups excluding carboxylic acids is 1. The van der Waals surface area contributed by atoms with Crippen molar-refractivity contribution < 1.29 is 13.2 Å². The van der Waals surface area contributed by atoms with Crippen LogP contribution < -0.4 is 10.0 Å². The Balaban J connectivity index is 1.63. The summed E-state index contributed by atoms with van der Waals surface area (Å²) in [5, 5.41) is 2.78. The molecule has 0 fully saturated rings. The van der Waals surface area contributed by atoms with E-state index in [9.17, 15) is 13.2 Å². The second-order valence-electron chi connectivity index (χ2n) is 8.42. The molecule has 3 rings (SSSR count). The van der Waals surface area contributed by atoms with Crippen molar-refractivity contribution in [3.05, 3.63) is 89.1 Å². The maximum absolute atomic E-state index is 12.6. The van der Waals surface area contributed by atoms with Crippen LogP contribution in [0.4, 0.5) is 5.82 Å². The van der Waals surface area contributed by atoms with E-state index in [-0.39, 0.29) is 22.8 Å². The lowest BCUT2D eigenvalue weighted by atomic mass is 9.87. The Morgan fingerprint density at radius 3 is 2.19 bits per heavy atom. The number of nitrogens with zero attached hydrogens (tertiary/aromatic N) is 1. The molecule has 0 saturated heterocycles. The number of aryl methyl sites for hydroxylation is 1. The van der Waals surface area contributed by atoms with Gasteiger partial charge in [-0.25, -0.2) is 18.1 Å². The maximum Gasteiger partial charge on any atom is 0.256 e. The molecule has 7 heteroatoms. The van der Waals surface area contributed by atoms with Gasteiger partial charge in [0.1, 0.15) is 5.82 Å². The molecule has 1 aromatic heterocycles. The minimum atomic E-state index is -3.63. The number of hydrogen-bond acceptors (Lipinski definition) is 4. The highest BCUT2D eigenvalue weighted by Crippen LogP contribution is 2.23. The van der Waals surface area contributed by atoms with Gasteiger partial charge in [0.2, 0.25) is 10.0 Å². The van der Waals surface area contributed by atoms with Crippen LogP contribution in [-0.2, 0) is 22.0 Å². The number of aromatic nitrogens is 1. The summed E-state index contributed by atoms with van der Waals surface area (Å²) in [4.78, 5) is 16.8. The first kappa shape index (κ1) is 22.7. The predicted molar refractivity (Wildman–Crippen MR) is 123 cm³/mol. The summed E-state index contributed by atoms with van der Waals surface area (Å²) in [5.41, 5.74) is 3.12. The van der Waals surface area contributed by atoms with Crippen molar-refractivity contribution in [2.24, 2.45) is 0 Å². The molecule has 0 aliphatic rings. The van der Waals surface area contributed by atoms with E-state index in [2.05, 4.69) is 35.8 Å². The normalized spacial score (nSPS) is 11.9. The number of pyridine rings is 1. The molecule has 0 spiro atoms. The van der Waals surface area contributed by atoms with Crippen LogP contribution in [0.3, 0.4) is 0 Å². The minimum absolute atomic E-state index is 0.0426. The number of anilines is 1. The molecule has 2 aromatic carbocycles. The lowest BCUT2D eigenvalue weighted by molar-refractivity contribution is 0.102. The lowest BCUT2D eigenvalue weighted by Gasteiger charge is -2.19. The molecular formula is C24H27N3O3S. The number of rotatable bonds is 6. The number of benzene rings is 2. The summed E-state index contributed by atoms with van der Waals surface area (Å²) >= 11 is 0. The zero-order valence-corrected chi connectivity index (χ0v) is 19.0. The van der Waals surface area contributed by atoms with Crippen LogP contribution in [0.2, 0.25) is 0 Å². The van der Waals surface area contributed by atoms with E-state index >= 15 is 0 Å². The fourth-order valence-corrected chi connectivity index (χ4v) is 3.98. The van der Waals surface area contributed by atoms with Crippen LogP contribution in [0, 0.1) is 6.92 Å². The number of carbonyl (C=O) groups is 1. The van der Waals surface area contributed by atoms with E-state index in [0.717, 1.165) is 16.7 Å². The summed E-state index contributed by atoms with van der Waals surface area (Å²) in [7, 11) is -3.63.